The highest BCUT2D eigenvalue weighted by Crippen LogP contribution is 2.47. The van der Waals surface area contributed by atoms with E-state index in [0.717, 1.165) is 0 Å². The third-order valence-electron chi connectivity index (χ3n) is 4.23. The Labute approximate surface area is 157 Å². The minimum atomic E-state index is -1.27. The van der Waals surface area contributed by atoms with E-state index in [1.807, 2.05) is 60.7 Å². The smallest absolute Gasteiger partial charge is 0.359 e. The zero-order valence-corrected chi connectivity index (χ0v) is 15.2. The van der Waals surface area contributed by atoms with E-state index >= 15 is 0 Å². The Balaban J connectivity index is 2.30. The molecule has 0 saturated carbocycles. The average Bonchev–Trinajstić information content (AvgIpc) is 3.11. The molecule has 6 nitrogen and oxygen atoms in total. The van der Waals surface area contributed by atoms with Crippen molar-refractivity contribution in [1.82, 2.24) is 0 Å². The van der Waals surface area contributed by atoms with Crippen LogP contribution in [-0.4, -0.2) is 25.2 Å². The molecular weight excluding hydrogens is 344 g/mol. The quantitative estimate of drug-likeness (QED) is 0.731. The number of hydrogen-bond acceptors (Lipinski definition) is 6. The summed E-state index contributed by atoms with van der Waals surface area (Å²) in [5.74, 6) is -1.34. The molecule has 1 aliphatic heterocycles. The molecule has 6 heteroatoms. The molecule has 0 atom stereocenters. The number of nitrogens with zero attached hydrogens (tertiary/aromatic N) is 2. The molecular formula is C21H20N2O4. The molecule has 0 aliphatic carbocycles. The second-order valence-corrected chi connectivity index (χ2v) is 5.81. The van der Waals surface area contributed by atoms with Crippen molar-refractivity contribution in [2.75, 3.05) is 13.2 Å². The van der Waals surface area contributed by atoms with Gasteiger partial charge >= 0.3 is 11.9 Å². The maximum absolute atomic E-state index is 12.9. The Morgan fingerprint density at radius 2 is 1.30 bits per heavy atom. The first-order valence-electron chi connectivity index (χ1n) is 8.78. The van der Waals surface area contributed by atoms with Gasteiger partial charge in [0.15, 0.2) is 11.2 Å². The summed E-state index contributed by atoms with van der Waals surface area (Å²) in [4.78, 5) is 25.4. The number of hydrogen-bond donors (Lipinski definition) is 0. The monoisotopic (exact) mass is 364 g/mol. The van der Waals surface area contributed by atoms with Gasteiger partial charge in [0.1, 0.15) is 5.57 Å². The van der Waals surface area contributed by atoms with Crippen molar-refractivity contribution in [2.24, 2.45) is 10.2 Å². The molecule has 1 aliphatic rings. The molecule has 0 spiro atoms. The highest BCUT2D eigenvalue weighted by atomic mass is 16.5. The van der Waals surface area contributed by atoms with Gasteiger partial charge in [-0.1, -0.05) is 60.7 Å². The maximum Gasteiger partial charge on any atom is 0.359 e. The number of benzene rings is 2. The Morgan fingerprint density at radius 1 is 0.815 bits per heavy atom. The topological polar surface area (TPSA) is 77.3 Å². The molecule has 2 aromatic rings. The first-order chi connectivity index (χ1) is 13.1. The molecule has 0 bridgehead atoms. The van der Waals surface area contributed by atoms with Gasteiger partial charge in [-0.3, -0.25) is 0 Å². The Bertz CT molecular complexity index is 849. The Morgan fingerprint density at radius 3 is 1.78 bits per heavy atom. The lowest BCUT2D eigenvalue weighted by atomic mass is 9.77. The zero-order chi connectivity index (χ0) is 19.3. The second kappa shape index (κ2) is 7.95. The summed E-state index contributed by atoms with van der Waals surface area (Å²) in [6.45, 7) is 3.73. The van der Waals surface area contributed by atoms with Crippen LogP contribution in [0.3, 0.4) is 0 Å². The summed E-state index contributed by atoms with van der Waals surface area (Å²) in [6, 6.07) is 18.5. The van der Waals surface area contributed by atoms with Crippen LogP contribution in [0.5, 0.6) is 0 Å². The van der Waals surface area contributed by atoms with Crippen molar-refractivity contribution in [3.05, 3.63) is 83.1 Å². The molecule has 0 saturated heterocycles. The van der Waals surface area contributed by atoms with Gasteiger partial charge in [0.05, 0.1) is 13.2 Å². The molecule has 0 N–H and O–H groups in total. The number of carbonyl (C=O) groups excluding carboxylic acids is 2. The molecule has 0 amide bonds. The summed E-state index contributed by atoms with van der Waals surface area (Å²) < 4.78 is 10.3. The molecule has 1 heterocycles. The average molecular weight is 364 g/mol. The first kappa shape index (κ1) is 18.5. The van der Waals surface area contributed by atoms with Gasteiger partial charge in [0.25, 0.3) is 0 Å². The van der Waals surface area contributed by atoms with E-state index in [9.17, 15) is 9.59 Å². The van der Waals surface area contributed by atoms with Gasteiger partial charge < -0.3 is 9.47 Å². The van der Waals surface area contributed by atoms with Crippen molar-refractivity contribution >= 4 is 11.9 Å². The van der Waals surface area contributed by atoms with E-state index in [0.29, 0.717) is 11.1 Å². The van der Waals surface area contributed by atoms with Crippen LogP contribution in [0.1, 0.15) is 25.0 Å². The van der Waals surface area contributed by atoms with Crippen LogP contribution >= 0.6 is 0 Å². The predicted molar refractivity (Wildman–Crippen MR) is 98.8 cm³/mol. The van der Waals surface area contributed by atoms with E-state index in [-0.39, 0.29) is 24.5 Å². The fourth-order valence-corrected chi connectivity index (χ4v) is 3.12. The van der Waals surface area contributed by atoms with Crippen LogP contribution in [0, 0.1) is 0 Å². The van der Waals surface area contributed by atoms with E-state index in [4.69, 9.17) is 9.47 Å². The largest absolute Gasteiger partial charge is 0.462 e. The fraction of sp³-hybridized carbons (Fsp3) is 0.238. The third-order valence-corrected chi connectivity index (χ3v) is 4.23. The van der Waals surface area contributed by atoms with Crippen molar-refractivity contribution in [2.45, 2.75) is 19.4 Å². The number of carbonyl (C=O) groups is 2. The predicted octanol–water partition coefficient (Wildman–Crippen LogP) is 3.78. The van der Waals surface area contributed by atoms with Gasteiger partial charge in [-0.05, 0) is 25.0 Å². The van der Waals surface area contributed by atoms with Gasteiger partial charge in [-0.15, -0.1) is 5.11 Å². The molecule has 0 radical (unpaired) electrons. The summed E-state index contributed by atoms with van der Waals surface area (Å²) in [7, 11) is 0. The highest BCUT2D eigenvalue weighted by Gasteiger charge is 2.50. The normalized spacial score (nSPS) is 14.9. The lowest BCUT2D eigenvalue weighted by Crippen LogP contribution is -2.32. The van der Waals surface area contributed by atoms with Crippen LogP contribution in [0.25, 0.3) is 0 Å². The standard InChI is InChI=1S/C21H20N2O4/c1-3-26-19(24)17-18(20(25)27-4-2)22-23-21(17,15-11-7-5-8-12-15)16-13-9-6-10-14-16/h5-14H,3-4H2,1-2H3. The summed E-state index contributed by atoms with van der Waals surface area (Å²) in [5.41, 5.74) is 0.101. The number of rotatable bonds is 6. The summed E-state index contributed by atoms with van der Waals surface area (Å²) in [6.07, 6.45) is 0. The summed E-state index contributed by atoms with van der Waals surface area (Å²) >= 11 is 0. The van der Waals surface area contributed by atoms with Crippen molar-refractivity contribution < 1.29 is 19.1 Å². The molecule has 27 heavy (non-hydrogen) atoms. The number of azo groups is 1. The van der Waals surface area contributed by atoms with E-state index in [1.165, 1.54) is 0 Å². The van der Waals surface area contributed by atoms with Gasteiger partial charge in [-0.25, -0.2) is 9.59 Å². The first-order valence-corrected chi connectivity index (χ1v) is 8.78. The van der Waals surface area contributed by atoms with E-state index in [1.54, 1.807) is 13.8 Å². The van der Waals surface area contributed by atoms with Crippen LogP contribution in [0.2, 0.25) is 0 Å². The molecule has 2 aromatic carbocycles. The maximum atomic E-state index is 12.9. The highest BCUT2D eigenvalue weighted by molar-refractivity contribution is 6.03. The van der Waals surface area contributed by atoms with E-state index in [2.05, 4.69) is 10.2 Å². The van der Waals surface area contributed by atoms with Crippen LogP contribution in [-0.2, 0) is 24.6 Å². The van der Waals surface area contributed by atoms with Crippen LogP contribution in [0.4, 0.5) is 0 Å². The molecule has 138 valence electrons. The number of esters is 2. The minimum Gasteiger partial charge on any atom is -0.462 e. The van der Waals surface area contributed by atoms with Crippen molar-refractivity contribution in [1.29, 1.82) is 0 Å². The SMILES string of the molecule is CCOC(=O)C1=C(C(=O)OCC)C(c2ccccc2)(c2ccccc2)N=N1. The Hall–Kier alpha value is -3.28. The molecule has 0 fully saturated rings. The lowest BCUT2D eigenvalue weighted by Gasteiger charge is -2.28. The Kier molecular flexibility index (Phi) is 5.45. The van der Waals surface area contributed by atoms with Gasteiger partial charge in [-0.2, -0.15) is 5.11 Å². The number of ether oxygens (including phenoxy) is 2. The second-order valence-electron chi connectivity index (χ2n) is 5.81. The molecule has 0 unspecified atom stereocenters. The van der Waals surface area contributed by atoms with Crippen molar-refractivity contribution in [3.63, 3.8) is 0 Å². The van der Waals surface area contributed by atoms with Crippen LogP contribution < -0.4 is 0 Å². The van der Waals surface area contributed by atoms with Gasteiger partial charge in [0.2, 0.25) is 0 Å². The minimum absolute atomic E-state index is 0.0696. The van der Waals surface area contributed by atoms with Crippen LogP contribution in [0.15, 0.2) is 82.2 Å². The van der Waals surface area contributed by atoms with Gasteiger partial charge in [0, 0.05) is 0 Å². The molecule has 0 aromatic heterocycles. The van der Waals surface area contributed by atoms with Crippen molar-refractivity contribution in [3.8, 4) is 0 Å². The van der Waals surface area contributed by atoms with E-state index < -0.39 is 17.5 Å². The fourth-order valence-electron chi connectivity index (χ4n) is 3.12. The zero-order valence-electron chi connectivity index (χ0n) is 15.2. The lowest BCUT2D eigenvalue weighted by molar-refractivity contribution is -0.142. The molecule has 3 rings (SSSR count). The third kappa shape index (κ3) is 3.26. The summed E-state index contributed by atoms with van der Waals surface area (Å²) in [5, 5.41) is 8.50.